The van der Waals surface area contributed by atoms with E-state index in [0.717, 1.165) is 6.07 Å². The topological polar surface area (TPSA) is 109 Å². The lowest BCUT2D eigenvalue weighted by molar-refractivity contribution is -0.0498. The normalized spacial score (nSPS) is 19.1. The molecule has 1 N–H and O–H groups in total. The summed E-state index contributed by atoms with van der Waals surface area (Å²) < 4.78 is 76.6. The van der Waals surface area contributed by atoms with Crippen LogP contribution in [0.15, 0.2) is 41.2 Å². The van der Waals surface area contributed by atoms with Crippen molar-refractivity contribution in [2.45, 2.75) is 38.0 Å². The van der Waals surface area contributed by atoms with E-state index < -0.39 is 39.4 Å². The number of nitrogens with one attached hydrogen (secondary N) is 1. The number of fused-ring (bicyclic) bond motifs is 1. The average Bonchev–Trinajstić information content (AvgIpc) is 3.07. The van der Waals surface area contributed by atoms with Gasteiger partial charge in [-0.15, -0.1) is 0 Å². The molecule has 198 valence electrons. The molecule has 0 saturated carbocycles. The van der Waals surface area contributed by atoms with Crippen molar-refractivity contribution in [3.8, 4) is 11.4 Å². The summed E-state index contributed by atoms with van der Waals surface area (Å²) in [4.78, 5) is 26.7. The summed E-state index contributed by atoms with van der Waals surface area (Å²) in [6.07, 6.45) is 1.00. The number of amides is 1. The van der Waals surface area contributed by atoms with E-state index in [-0.39, 0.29) is 45.6 Å². The number of ether oxygens (including phenoxy) is 2. The Labute approximate surface area is 209 Å². The number of sulfone groups is 1. The van der Waals surface area contributed by atoms with Crippen molar-refractivity contribution in [1.82, 2.24) is 14.5 Å². The predicted molar refractivity (Wildman–Crippen MR) is 128 cm³/mol. The summed E-state index contributed by atoms with van der Waals surface area (Å²) in [5.74, 6) is -2.41. The van der Waals surface area contributed by atoms with Crippen molar-refractivity contribution in [2.75, 3.05) is 24.7 Å². The predicted octanol–water partition coefficient (Wildman–Crippen LogP) is 2.80. The fourth-order valence-corrected chi connectivity index (χ4v) is 7.10. The first-order valence-corrected chi connectivity index (χ1v) is 13.4. The number of halogens is 3. The Morgan fingerprint density at radius 3 is 2.51 bits per heavy atom. The maximum Gasteiger partial charge on any atom is 0.387 e. The van der Waals surface area contributed by atoms with Gasteiger partial charge in [0.05, 0.1) is 39.3 Å². The van der Waals surface area contributed by atoms with Crippen LogP contribution < -0.4 is 15.7 Å². The van der Waals surface area contributed by atoms with Crippen LogP contribution in [0.2, 0.25) is 0 Å². The monoisotopic (exact) mass is 539 g/mol. The molecule has 37 heavy (non-hydrogen) atoms. The van der Waals surface area contributed by atoms with Crippen LogP contribution in [0.1, 0.15) is 36.2 Å². The third kappa shape index (κ3) is 4.85. The van der Waals surface area contributed by atoms with Crippen molar-refractivity contribution in [3.63, 3.8) is 0 Å². The second kappa shape index (κ2) is 9.21. The molecule has 2 aromatic carbocycles. The van der Waals surface area contributed by atoms with Crippen molar-refractivity contribution >= 4 is 26.8 Å². The smallest absolute Gasteiger partial charge is 0.387 e. The highest BCUT2D eigenvalue weighted by atomic mass is 32.2. The molecule has 5 rings (SSSR count). The minimum atomic E-state index is -3.25. The van der Waals surface area contributed by atoms with Crippen molar-refractivity contribution < 1.29 is 35.9 Å². The van der Waals surface area contributed by atoms with Gasteiger partial charge in [-0.25, -0.2) is 17.6 Å². The number of carbonyl (C=O) groups is 1. The number of rotatable bonds is 6. The number of benzene rings is 2. The first-order chi connectivity index (χ1) is 17.5. The van der Waals surface area contributed by atoms with E-state index in [1.165, 1.54) is 39.5 Å². The maximum atomic E-state index is 15.3. The third-order valence-electron chi connectivity index (χ3n) is 6.56. The van der Waals surface area contributed by atoms with Gasteiger partial charge in [0.25, 0.3) is 5.91 Å². The number of aromatic nitrogens is 2. The summed E-state index contributed by atoms with van der Waals surface area (Å²) >= 11 is 0. The number of carbonyl (C=O) groups excluding carboxylic acids is 1. The van der Waals surface area contributed by atoms with Gasteiger partial charge in [0, 0.05) is 31.4 Å². The van der Waals surface area contributed by atoms with Gasteiger partial charge in [0.2, 0.25) is 0 Å². The van der Waals surface area contributed by atoms with Gasteiger partial charge in [0.15, 0.2) is 9.84 Å². The van der Waals surface area contributed by atoms with Gasteiger partial charge in [-0.05, 0) is 38.0 Å². The van der Waals surface area contributed by atoms with Gasteiger partial charge in [-0.1, -0.05) is 6.07 Å². The lowest BCUT2D eigenvalue weighted by atomic mass is 10.0. The molecule has 13 heteroatoms. The van der Waals surface area contributed by atoms with Crippen molar-refractivity contribution in [2.24, 2.45) is 0 Å². The van der Waals surface area contributed by atoms with Gasteiger partial charge in [-0.2, -0.15) is 8.78 Å². The number of hydrogen-bond donors (Lipinski definition) is 1. The fourth-order valence-electron chi connectivity index (χ4n) is 5.10. The molecule has 3 aromatic rings. The molecule has 0 bridgehead atoms. The van der Waals surface area contributed by atoms with E-state index >= 15 is 4.39 Å². The van der Waals surface area contributed by atoms with E-state index in [1.807, 2.05) is 0 Å². The molecule has 1 aromatic heterocycles. The van der Waals surface area contributed by atoms with Gasteiger partial charge >= 0.3 is 12.3 Å². The molecule has 2 fully saturated rings. The minimum absolute atomic E-state index is 0.136. The first kappa shape index (κ1) is 25.3. The molecule has 3 heterocycles. The molecule has 9 nitrogen and oxygen atoms in total. The van der Waals surface area contributed by atoms with Crippen LogP contribution in [0, 0.1) is 5.82 Å². The molecular formula is C24H24F3N3O6S. The fraction of sp³-hybridized carbons (Fsp3) is 0.417. The van der Waals surface area contributed by atoms with Gasteiger partial charge < -0.3 is 14.8 Å². The Bertz CT molecular complexity index is 1530. The molecule has 2 aliphatic rings. The second-order valence-corrected chi connectivity index (χ2v) is 11.6. The van der Waals surface area contributed by atoms with E-state index in [4.69, 9.17) is 4.74 Å². The number of nitrogens with zero attached hydrogens (tertiary/aromatic N) is 2. The zero-order valence-electron chi connectivity index (χ0n) is 19.7. The lowest BCUT2D eigenvalue weighted by Crippen LogP contribution is -2.63. The molecule has 0 atom stereocenters. The van der Waals surface area contributed by atoms with Gasteiger partial charge in [0.1, 0.15) is 11.6 Å². The summed E-state index contributed by atoms with van der Waals surface area (Å²) in [7, 11) is -3.25. The van der Waals surface area contributed by atoms with Crippen molar-refractivity contribution in [3.05, 3.63) is 58.3 Å². The van der Waals surface area contributed by atoms with Crippen LogP contribution in [0.3, 0.4) is 0 Å². The van der Waals surface area contributed by atoms with Crippen LogP contribution in [-0.4, -0.2) is 60.3 Å². The van der Waals surface area contributed by atoms with Gasteiger partial charge in [-0.3, -0.25) is 13.9 Å². The highest BCUT2D eigenvalue weighted by Crippen LogP contribution is 2.30. The molecule has 0 radical (unpaired) electrons. The molecule has 0 aliphatic carbocycles. The minimum Gasteiger partial charge on any atom is -0.435 e. The van der Waals surface area contributed by atoms with Crippen LogP contribution in [0.4, 0.5) is 13.2 Å². The zero-order valence-corrected chi connectivity index (χ0v) is 20.6. The second-order valence-electron chi connectivity index (χ2n) is 9.58. The first-order valence-electron chi connectivity index (χ1n) is 11.6. The quantitative estimate of drug-likeness (QED) is 0.516. The molecule has 0 unspecified atom stereocenters. The SMILES string of the molecule is CC1(NC(=O)c2cc3c(cc2F)n(-c2cccc(OC(F)F)c2)c(=O)n3C2CCOCC2)CS(=O)(=O)C1. The van der Waals surface area contributed by atoms with Crippen LogP contribution in [0.25, 0.3) is 16.7 Å². The molecule has 1 amide bonds. The summed E-state index contributed by atoms with van der Waals surface area (Å²) in [5.41, 5.74) is -1.31. The molecule has 2 aliphatic heterocycles. The Morgan fingerprint density at radius 1 is 1.16 bits per heavy atom. The van der Waals surface area contributed by atoms with E-state index in [0.29, 0.717) is 26.1 Å². The van der Waals surface area contributed by atoms with Crippen LogP contribution in [-0.2, 0) is 14.6 Å². The average molecular weight is 540 g/mol. The van der Waals surface area contributed by atoms with Crippen LogP contribution >= 0.6 is 0 Å². The lowest BCUT2D eigenvalue weighted by Gasteiger charge is -2.38. The zero-order chi connectivity index (χ0) is 26.5. The van der Waals surface area contributed by atoms with E-state index in [1.54, 1.807) is 6.92 Å². The van der Waals surface area contributed by atoms with Crippen LogP contribution in [0.5, 0.6) is 5.75 Å². The van der Waals surface area contributed by atoms with E-state index in [9.17, 15) is 26.8 Å². The number of hydrogen-bond acceptors (Lipinski definition) is 6. The summed E-state index contributed by atoms with van der Waals surface area (Å²) in [5, 5.41) is 2.59. The molecular weight excluding hydrogens is 515 g/mol. The standard InChI is InChI=1S/C24H24F3N3O6S/c1-24(12-37(33,34)13-24)28-21(31)17-10-19-20(11-18(17)25)30(15-3-2-4-16(9-15)36-22(26)27)23(32)29(19)14-5-7-35-8-6-14/h2-4,9-11,14,22H,5-8,12-13H2,1H3,(H,28,31). The Balaban J connectivity index is 1.64. The Kier molecular flexibility index (Phi) is 6.31. The highest BCUT2D eigenvalue weighted by molar-refractivity contribution is 7.93. The third-order valence-corrected chi connectivity index (χ3v) is 8.71. The number of imidazole rings is 1. The number of alkyl halides is 2. The van der Waals surface area contributed by atoms with Crippen molar-refractivity contribution in [1.29, 1.82) is 0 Å². The Morgan fingerprint density at radius 2 is 1.86 bits per heavy atom. The van der Waals surface area contributed by atoms with E-state index in [2.05, 4.69) is 10.1 Å². The largest absolute Gasteiger partial charge is 0.435 e. The molecule has 2 saturated heterocycles. The Hall–Kier alpha value is -3.32. The summed E-state index contributed by atoms with van der Waals surface area (Å²) in [6.45, 7) is -0.696. The summed E-state index contributed by atoms with van der Waals surface area (Å²) in [6, 6.07) is 7.50. The maximum absolute atomic E-state index is 15.3. The molecule has 0 spiro atoms. The highest BCUT2D eigenvalue weighted by Gasteiger charge is 2.46.